The first-order valence-corrected chi connectivity index (χ1v) is 5.37. The van der Waals surface area contributed by atoms with Gasteiger partial charge in [-0.2, -0.15) is 0 Å². The third-order valence-electron chi connectivity index (χ3n) is 2.69. The first kappa shape index (κ1) is 9.78. The van der Waals surface area contributed by atoms with Crippen LogP contribution in [0.4, 0.5) is 0 Å². The molecule has 3 aromatic rings. The van der Waals surface area contributed by atoms with Crippen LogP contribution in [0.15, 0.2) is 59.5 Å². The van der Waals surface area contributed by atoms with Crippen LogP contribution in [0.25, 0.3) is 22.2 Å². The van der Waals surface area contributed by atoms with E-state index in [0.29, 0.717) is 0 Å². The van der Waals surface area contributed by atoms with Crippen LogP contribution in [0.2, 0.25) is 0 Å². The van der Waals surface area contributed by atoms with Crippen molar-refractivity contribution in [1.29, 1.82) is 0 Å². The van der Waals surface area contributed by atoms with Gasteiger partial charge in [0, 0.05) is 28.9 Å². The molecule has 0 atom stereocenters. The van der Waals surface area contributed by atoms with Crippen LogP contribution >= 0.6 is 0 Å². The van der Waals surface area contributed by atoms with Crippen molar-refractivity contribution in [3.05, 3.63) is 65.1 Å². The van der Waals surface area contributed by atoms with E-state index in [0.717, 1.165) is 22.2 Å². The fourth-order valence-electron chi connectivity index (χ4n) is 1.85. The monoisotopic (exact) mass is 222 g/mol. The number of aromatic nitrogens is 2. The molecule has 0 radical (unpaired) electrons. The van der Waals surface area contributed by atoms with Gasteiger partial charge >= 0.3 is 0 Å². The molecular formula is C14H10N2O. The van der Waals surface area contributed by atoms with Crippen molar-refractivity contribution < 1.29 is 0 Å². The Bertz CT molecular complexity index is 731. The zero-order valence-corrected chi connectivity index (χ0v) is 9.05. The summed E-state index contributed by atoms with van der Waals surface area (Å²) >= 11 is 0. The molecule has 17 heavy (non-hydrogen) atoms. The topological polar surface area (TPSA) is 45.8 Å². The van der Waals surface area contributed by atoms with Crippen LogP contribution in [0.5, 0.6) is 0 Å². The number of pyridine rings is 2. The molecule has 0 bridgehead atoms. The largest absolute Gasteiger partial charge is 0.322 e. The molecule has 3 heteroatoms. The predicted octanol–water partition coefficient (Wildman–Crippen LogP) is 2.59. The van der Waals surface area contributed by atoms with E-state index in [1.54, 1.807) is 12.3 Å². The molecule has 0 aliphatic rings. The Labute approximate surface area is 97.8 Å². The van der Waals surface area contributed by atoms with E-state index in [4.69, 9.17) is 0 Å². The van der Waals surface area contributed by atoms with Gasteiger partial charge in [-0.05, 0) is 18.2 Å². The van der Waals surface area contributed by atoms with E-state index in [2.05, 4.69) is 9.97 Å². The average molecular weight is 222 g/mol. The predicted molar refractivity (Wildman–Crippen MR) is 67.8 cm³/mol. The molecule has 1 N–H and O–H groups in total. The van der Waals surface area contributed by atoms with Gasteiger partial charge in [0.05, 0.1) is 5.52 Å². The minimum Gasteiger partial charge on any atom is -0.322 e. The summed E-state index contributed by atoms with van der Waals surface area (Å²) in [7, 11) is 0. The average Bonchev–Trinajstić information content (AvgIpc) is 2.38. The van der Waals surface area contributed by atoms with Crippen molar-refractivity contribution in [1.82, 2.24) is 9.97 Å². The van der Waals surface area contributed by atoms with Gasteiger partial charge in [-0.3, -0.25) is 9.78 Å². The molecule has 0 saturated carbocycles. The smallest absolute Gasteiger partial charge is 0.248 e. The Balaban J connectivity index is 2.21. The second-order valence-electron chi connectivity index (χ2n) is 3.84. The van der Waals surface area contributed by atoms with Crippen LogP contribution in [0.1, 0.15) is 0 Å². The maximum atomic E-state index is 11.3. The highest BCUT2D eigenvalue weighted by molar-refractivity contribution is 5.83. The second kappa shape index (κ2) is 3.87. The van der Waals surface area contributed by atoms with Gasteiger partial charge < -0.3 is 4.98 Å². The number of nitrogens with zero attached hydrogens (tertiary/aromatic N) is 1. The number of benzene rings is 1. The summed E-state index contributed by atoms with van der Waals surface area (Å²) in [4.78, 5) is 18.4. The quantitative estimate of drug-likeness (QED) is 0.687. The number of hydrogen-bond acceptors (Lipinski definition) is 2. The molecule has 0 aliphatic heterocycles. The summed E-state index contributed by atoms with van der Waals surface area (Å²) in [5.74, 6) is 0. The maximum absolute atomic E-state index is 11.3. The Morgan fingerprint density at radius 3 is 2.82 bits per heavy atom. The van der Waals surface area contributed by atoms with Crippen molar-refractivity contribution in [3.8, 4) is 11.3 Å². The molecule has 2 aromatic heterocycles. The third-order valence-corrected chi connectivity index (χ3v) is 2.69. The summed E-state index contributed by atoms with van der Waals surface area (Å²) in [6, 6.07) is 15.0. The minimum absolute atomic E-state index is 0.0939. The van der Waals surface area contributed by atoms with Gasteiger partial charge in [-0.15, -0.1) is 0 Å². The summed E-state index contributed by atoms with van der Waals surface area (Å²) in [6.07, 6.45) is 1.76. The van der Waals surface area contributed by atoms with Crippen LogP contribution in [0.3, 0.4) is 0 Å². The number of H-pyrrole nitrogens is 1. The first-order valence-electron chi connectivity index (χ1n) is 5.37. The second-order valence-corrected chi connectivity index (χ2v) is 3.84. The Morgan fingerprint density at radius 2 is 1.94 bits per heavy atom. The molecule has 0 amide bonds. The van der Waals surface area contributed by atoms with Crippen molar-refractivity contribution in [2.24, 2.45) is 0 Å². The zero-order valence-electron chi connectivity index (χ0n) is 9.05. The summed E-state index contributed by atoms with van der Waals surface area (Å²) < 4.78 is 0. The van der Waals surface area contributed by atoms with Gasteiger partial charge in [0.15, 0.2) is 0 Å². The number of fused-ring (bicyclic) bond motifs is 1. The fourth-order valence-corrected chi connectivity index (χ4v) is 1.85. The number of rotatable bonds is 1. The number of hydrogen-bond donors (Lipinski definition) is 1. The highest BCUT2D eigenvalue weighted by Crippen LogP contribution is 2.20. The van der Waals surface area contributed by atoms with E-state index in [1.165, 1.54) is 6.07 Å². The third kappa shape index (κ3) is 1.83. The van der Waals surface area contributed by atoms with Crippen LogP contribution < -0.4 is 5.56 Å². The first-order chi connectivity index (χ1) is 8.33. The van der Waals surface area contributed by atoms with E-state index in [1.807, 2.05) is 36.4 Å². The maximum Gasteiger partial charge on any atom is 0.248 e. The Hall–Kier alpha value is -2.42. The van der Waals surface area contributed by atoms with Crippen molar-refractivity contribution >= 4 is 10.9 Å². The van der Waals surface area contributed by atoms with Crippen molar-refractivity contribution in [2.45, 2.75) is 0 Å². The summed E-state index contributed by atoms with van der Waals surface area (Å²) in [5.41, 5.74) is 2.61. The van der Waals surface area contributed by atoms with E-state index in [-0.39, 0.29) is 5.56 Å². The van der Waals surface area contributed by atoms with E-state index < -0.39 is 0 Å². The minimum atomic E-state index is -0.0939. The Morgan fingerprint density at radius 1 is 1.00 bits per heavy atom. The lowest BCUT2D eigenvalue weighted by molar-refractivity contribution is 1.24. The fraction of sp³-hybridized carbons (Fsp3) is 0. The highest BCUT2D eigenvalue weighted by atomic mass is 16.1. The normalized spacial score (nSPS) is 10.6. The van der Waals surface area contributed by atoms with E-state index >= 15 is 0 Å². The van der Waals surface area contributed by atoms with Gasteiger partial charge in [0.25, 0.3) is 0 Å². The molecule has 0 saturated heterocycles. The lowest BCUT2D eigenvalue weighted by atomic mass is 10.1. The van der Waals surface area contributed by atoms with E-state index in [9.17, 15) is 4.79 Å². The molecule has 0 spiro atoms. The molecule has 0 fully saturated rings. The number of aromatic amines is 1. The van der Waals surface area contributed by atoms with Crippen molar-refractivity contribution in [3.63, 3.8) is 0 Å². The zero-order chi connectivity index (χ0) is 11.7. The molecule has 1 aromatic carbocycles. The summed E-state index contributed by atoms with van der Waals surface area (Å²) in [6.45, 7) is 0. The standard InChI is InChI=1S/C14H10N2O/c17-14-5-1-4-12(16-14)11-7-6-10-3-2-8-15-13(10)9-11/h1-9H,(H,16,17). The lowest BCUT2D eigenvalue weighted by Gasteiger charge is -2.02. The molecule has 3 nitrogen and oxygen atoms in total. The molecule has 82 valence electrons. The molecule has 2 heterocycles. The Kier molecular flexibility index (Phi) is 2.22. The van der Waals surface area contributed by atoms with Gasteiger partial charge in [0.2, 0.25) is 5.56 Å². The summed E-state index contributed by atoms with van der Waals surface area (Å²) in [5, 5.41) is 1.09. The van der Waals surface area contributed by atoms with Crippen molar-refractivity contribution in [2.75, 3.05) is 0 Å². The highest BCUT2D eigenvalue weighted by Gasteiger charge is 2.00. The van der Waals surface area contributed by atoms with Gasteiger partial charge in [0.1, 0.15) is 0 Å². The molecule has 0 aliphatic carbocycles. The lowest BCUT2D eigenvalue weighted by Crippen LogP contribution is -2.03. The van der Waals surface area contributed by atoms with Crippen LogP contribution in [0, 0.1) is 0 Å². The molecule has 0 unspecified atom stereocenters. The van der Waals surface area contributed by atoms with Crippen LogP contribution in [-0.4, -0.2) is 9.97 Å². The van der Waals surface area contributed by atoms with Crippen LogP contribution in [-0.2, 0) is 0 Å². The number of nitrogens with one attached hydrogen (secondary N) is 1. The van der Waals surface area contributed by atoms with Gasteiger partial charge in [-0.1, -0.05) is 24.3 Å². The molecular weight excluding hydrogens is 212 g/mol. The molecule has 3 rings (SSSR count). The SMILES string of the molecule is O=c1cccc(-c2ccc3cccnc3c2)[nH]1. The van der Waals surface area contributed by atoms with Gasteiger partial charge in [-0.25, -0.2) is 0 Å².